The van der Waals surface area contributed by atoms with Crippen LogP contribution in [0.25, 0.3) is 0 Å². The number of nitrogens with zero attached hydrogens (tertiary/aromatic N) is 2. The van der Waals surface area contributed by atoms with Gasteiger partial charge in [0.2, 0.25) is 11.8 Å². The third kappa shape index (κ3) is 3.51. The van der Waals surface area contributed by atoms with Gasteiger partial charge in [0.15, 0.2) is 0 Å². The van der Waals surface area contributed by atoms with Crippen LogP contribution in [0.15, 0.2) is 0 Å². The molecule has 2 aliphatic rings. The second kappa shape index (κ2) is 6.57. The molecular formula is C15H27N3O2. The van der Waals surface area contributed by atoms with Crippen molar-refractivity contribution >= 4 is 11.8 Å². The van der Waals surface area contributed by atoms with Crippen LogP contribution in [0.5, 0.6) is 0 Å². The van der Waals surface area contributed by atoms with E-state index in [2.05, 4.69) is 12.2 Å². The minimum Gasteiger partial charge on any atom is -0.339 e. The van der Waals surface area contributed by atoms with Crippen molar-refractivity contribution in [3.63, 3.8) is 0 Å². The molecule has 2 rings (SSSR count). The Morgan fingerprint density at radius 3 is 2.25 bits per heavy atom. The zero-order chi connectivity index (χ0) is 14.7. The van der Waals surface area contributed by atoms with Gasteiger partial charge in [-0.05, 0) is 26.3 Å². The number of amides is 2. The van der Waals surface area contributed by atoms with E-state index in [1.54, 1.807) is 0 Å². The maximum absolute atomic E-state index is 12.5. The van der Waals surface area contributed by atoms with Gasteiger partial charge in [0.25, 0.3) is 0 Å². The van der Waals surface area contributed by atoms with E-state index in [-0.39, 0.29) is 23.7 Å². The Balaban J connectivity index is 1.84. The van der Waals surface area contributed by atoms with E-state index in [0.29, 0.717) is 32.2 Å². The second-order valence-corrected chi connectivity index (χ2v) is 6.38. The molecule has 2 aliphatic heterocycles. The van der Waals surface area contributed by atoms with Crippen molar-refractivity contribution in [2.45, 2.75) is 39.7 Å². The maximum Gasteiger partial charge on any atom is 0.225 e. The first-order valence-electron chi connectivity index (χ1n) is 7.80. The van der Waals surface area contributed by atoms with Crippen molar-refractivity contribution in [3.05, 3.63) is 0 Å². The average Bonchev–Trinajstić information content (AvgIpc) is 2.46. The van der Waals surface area contributed by atoms with Gasteiger partial charge in [-0.15, -0.1) is 0 Å². The fraction of sp³-hybridized carbons (Fsp3) is 0.867. The van der Waals surface area contributed by atoms with E-state index in [0.717, 1.165) is 19.4 Å². The lowest BCUT2D eigenvalue weighted by molar-refractivity contribution is -0.144. The van der Waals surface area contributed by atoms with Crippen LogP contribution in [0.1, 0.15) is 33.6 Å². The highest BCUT2D eigenvalue weighted by atomic mass is 16.2. The van der Waals surface area contributed by atoms with E-state index >= 15 is 0 Å². The number of carbonyl (C=O) groups excluding carboxylic acids is 2. The van der Waals surface area contributed by atoms with Crippen molar-refractivity contribution in [3.8, 4) is 0 Å². The lowest BCUT2D eigenvalue weighted by Crippen LogP contribution is -2.54. The SMILES string of the molecule is CC1CC(C(=O)N2CCN(C(=O)C(C)C)CC2)CCN1. The summed E-state index contributed by atoms with van der Waals surface area (Å²) in [6, 6.07) is 0.432. The Bertz CT molecular complexity index is 362. The predicted octanol–water partition coefficient (Wildman–Crippen LogP) is 0.701. The highest BCUT2D eigenvalue weighted by Gasteiger charge is 2.31. The molecule has 0 radical (unpaired) electrons. The van der Waals surface area contributed by atoms with Crippen LogP contribution in [-0.4, -0.2) is 60.4 Å². The molecule has 5 heteroatoms. The van der Waals surface area contributed by atoms with Crippen LogP contribution in [0.4, 0.5) is 0 Å². The predicted molar refractivity (Wildman–Crippen MR) is 78.2 cm³/mol. The van der Waals surface area contributed by atoms with Gasteiger partial charge >= 0.3 is 0 Å². The number of rotatable bonds is 2. The zero-order valence-corrected chi connectivity index (χ0v) is 12.9. The Morgan fingerprint density at radius 1 is 1.10 bits per heavy atom. The standard InChI is InChI=1S/C15H27N3O2/c1-11(2)14(19)17-6-8-18(9-7-17)15(20)13-4-5-16-12(3)10-13/h11-13,16H,4-10H2,1-3H3. The topological polar surface area (TPSA) is 52.7 Å². The molecule has 0 bridgehead atoms. The molecule has 0 aromatic heterocycles. The van der Waals surface area contributed by atoms with E-state index in [1.807, 2.05) is 23.6 Å². The maximum atomic E-state index is 12.5. The first kappa shape index (κ1) is 15.3. The third-order valence-corrected chi connectivity index (χ3v) is 4.37. The molecule has 2 fully saturated rings. The summed E-state index contributed by atoms with van der Waals surface area (Å²) in [5, 5.41) is 3.38. The van der Waals surface area contributed by atoms with Gasteiger partial charge in [-0.1, -0.05) is 13.8 Å². The molecule has 2 heterocycles. The van der Waals surface area contributed by atoms with Gasteiger partial charge < -0.3 is 15.1 Å². The molecule has 20 heavy (non-hydrogen) atoms. The molecular weight excluding hydrogens is 254 g/mol. The largest absolute Gasteiger partial charge is 0.339 e. The first-order valence-corrected chi connectivity index (χ1v) is 7.80. The highest BCUT2D eigenvalue weighted by Crippen LogP contribution is 2.20. The lowest BCUT2D eigenvalue weighted by atomic mass is 9.92. The summed E-state index contributed by atoms with van der Waals surface area (Å²) in [4.78, 5) is 28.3. The van der Waals surface area contributed by atoms with Gasteiger partial charge in [0.05, 0.1) is 0 Å². The lowest BCUT2D eigenvalue weighted by Gasteiger charge is -2.38. The van der Waals surface area contributed by atoms with Crippen molar-refractivity contribution in [2.75, 3.05) is 32.7 Å². The summed E-state index contributed by atoms with van der Waals surface area (Å²) in [6.07, 6.45) is 1.87. The van der Waals surface area contributed by atoms with Gasteiger partial charge in [0, 0.05) is 44.1 Å². The molecule has 114 valence electrons. The fourth-order valence-corrected chi connectivity index (χ4v) is 3.13. The van der Waals surface area contributed by atoms with E-state index < -0.39 is 0 Å². The smallest absolute Gasteiger partial charge is 0.225 e. The molecule has 2 saturated heterocycles. The fourth-order valence-electron chi connectivity index (χ4n) is 3.13. The van der Waals surface area contributed by atoms with Crippen LogP contribution >= 0.6 is 0 Å². The summed E-state index contributed by atoms with van der Waals surface area (Å²) in [5.41, 5.74) is 0. The molecule has 0 aromatic rings. The summed E-state index contributed by atoms with van der Waals surface area (Å²) in [5.74, 6) is 0.698. The normalized spacial score (nSPS) is 27.8. The van der Waals surface area contributed by atoms with E-state index in [1.165, 1.54) is 0 Å². The summed E-state index contributed by atoms with van der Waals surface area (Å²) < 4.78 is 0. The van der Waals surface area contributed by atoms with Crippen molar-refractivity contribution in [2.24, 2.45) is 11.8 Å². The molecule has 5 nitrogen and oxygen atoms in total. The summed E-state index contributed by atoms with van der Waals surface area (Å²) in [7, 11) is 0. The molecule has 0 aromatic carbocycles. The number of hydrogen-bond donors (Lipinski definition) is 1. The summed E-state index contributed by atoms with van der Waals surface area (Å²) >= 11 is 0. The molecule has 0 spiro atoms. The minimum atomic E-state index is 0.0440. The molecule has 0 aliphatic carbocycles. The van der Waals surface area contributed by atoms with Crippen LogP contribution in [0.2, 0.25) is 0 Å². The van der Waals surface area contributed by atoms with Gasteiger partial charge in [-0.3, -0.25) is 9.59 Å². The Kier molecular flexibility index (Phi) is 5.02. The van der Waals surface area contributed by atoms with Crippen molar-refractivity contribution < 1.29 is 9.59 Å². The number of hydrogen-bond acceptors (Lipinski definition) is 3. The van der Waals surface area contributed by atoms with Gasteiger partial charge in [-0.25, -0.2) is 0 Å². The number of piperidine rings is 1. The van der Waals surface area contributed by atoms with E-state index in [9.17, 15) is 9.59 Å². The molecule has 1 N–H and O–H groups in total. The summed E-state index contributed by atoms with van der Waals surface area (Å²) in [6.45, 7) is 9.67. The minimum absolute atomic E-state index is 0.0440. The number of nitrogens with one attached hydrogen (secondary N) is 1. The third-order valence-electron chi connectivity index (χ3n) is 4.37. The zero-order valence-electron chi connectivity index (χ0n) is 12.9. The number of carbonyl (C=O) groups is 2. The first-order chi connectivity index (χ1) is 9.49. The average molecular weight is 281 g/mol. The Morgan fingerprint density at radius 2 is 1.70 bits per heavy atom. The van der Waals surface area contributed by atoms with Crippen molar-refractivity contribution in [1.29, 1.82) is 0 Å². The molecule has 0 saturated carbocycles. The highest BCUT2D eigenvalue weighted by molar-refractivity contribution is 5.80. The van der Waals surface area contributed by atoms with Crippen molar-refractivity contribution in [1.82, 2.24) is 15.1 Å². The van der Waals surface area contributed by atoms with E-state index in [4.69, 9.17) is 0 Å². The quantitative estimate of drug-likeness (QED) is 0.811. The number of piperazine rings is 1. The molecule has 2 unspecified atom stereocenters. The van der Waals surface area contributed by atoms with Crippen LogP contribution in [0, 0.1) is 11.8 Å². The molecule has 2 atom stereocenters. The van der Waals surface area contributed by atoms with Crippen LogP contribution in [-0.2, 0) is 9.59 Å². The second-order valence-electron chi connectivity index (χ2n) is 6.38. The molecule has 2 amide bonds. The Hall–Kier alpha value is -1.10. The Labute approximate surface area is 121 Å². The van der Waals surface area contributed by atoms with Crippen LogP contribution in [0.3, 0.4) is 0 Å². The monoisotopic (exact) mass is 281 g/mol. The van der Waals surface area contributed by atoms with Crippen LogP contribution < -0.4 is 5.32 Å². The van der Waals surface area contributed by atoms with Gasteiger partial charge in [0.1, 0.15) is 0 Å². The van der Waals surface area contributed by atoms with Gasteiger partial charge in [-0.2, -0.15) is 0 Å².